The summed E-state index contributed by atoms with van der Waals surface area (Å²) in [5.41, 5.74) is 0. The Bertz CT molecular complexity index is 212. The molecule has 2 heteroatoms. The number of hydrogen-bond acceptors (Lipinski definition) is 2. The average Bonchev–Trinajstić information content (AvgIpc) is 2.58. The molecule has 1 fully saturated rings. The normalized spacial score (nSPS) is 23.8. The number of rotatable bonds is 4. The summed E-state index contributed by atoms with van der Waals surface area (Å²) in [6, 6.07) is 0. The van der Waals surface area contributed by atoms with Crippen LogP contribution in [0.4, 0.5) is 0 Å². The molecule has 1 heterocycles. The summed E-state index contributed by atoms with van der Waals surface area (Å²) >= 11 is 0. The van der Waals surface area contributed by atoms with Gasteiger partial charge in [-0.15, -0.1) is 0 Å². The summed E-state index contributed by atoms with van der Waals surface area (Å²) in [5.74, 6) is 0.895. The van der Waals surface area contributed by atoms with E-state index >= 15 is 0 Å². The standard InChI is InChI=1S/C11H17NO/c1-3-5-10(6-4-2)13-11-7-8-12-9-11/h3-6,11-12H,1,7-9H2,2H3/b6-4-,10-5+. The summed E-state index contributed by atoms with van der Waals surface area (Å²) in [5, 5.41) is 3.26. The van der Waals surface area contributed by atoms with Crippen molar-refractivity contribution in [3.05, 3.63) is 36.6 Å². The Balaban J connectivity index is 2.46. The molecule has 13 heavy (non-hydrogen) atoms. The first-order chi connectivity index (χ1) is 6.36. The van der Waals surface area contributed by atoms with Crippen molar-refractivity contribution in [1.29, 1.82) is 0 Å². The number of nitrogens with one attached hydrogen (secondary N) is 1. The lowest BCUT2D eigenvalue weighted by Gasteiger charge is -2.12. The smallest absolute Gasteiger partial charge is 0.119 e. The maximum absolute atomic E-state index is 5.73. The lowest BCUT2D eigenvalue weighted by atomic mass is 10.3. The Morgan fingerprint density at radius 1 is 1.62 bits per heavy atom. The highest BCUT2D eigenvalue weighted by atomic mass is 16.5. The second-order valence-electron chi connectivity index (χ2n) is 3.04. The van der Waals surface area contributed by atoms with Crippen LogP contribution in [0.5, 0.6) is 0 Å². The SMILES string of the molecule is C=C/C=C(\C=C/C)OC1CCNC1. The van der Waals surface area contributed by atoms with E-state index < -0.39 is 0 Å². The summed E-state index contributed by atoms with van der Waals surface area (Å²) in [4.78, 5) is 0. The van der Waals surface area contributed by atoms with Gasteiger partial charge in [0.25, 0.3) is 0 Å². The third-order valence-corrected chi connectivity index (χ3v) is 1.93. The van der Waals surface area contributed by atoms with E-state index in [1.165, 1.54) is 0 Å². The molecule has 1 unspecified atom stereocenters. The third-order valence-electron chi connectivity index (χ3n) is 1.93. The van der Waals surface area contributed by atoms with Crippen molar-refractivity contribution in [3.8, 4) is 0 Å². The molecule has 1 rings (SSSR count). The van der Waals surface area contributed by atoms with Crippen LogP contribution in [0.25, 0.3) is 0 Å². The maximum atomic E-state index is 5.73. The van der Waals surface area contributed by atoms with Gasteiger partial charge in [0.05, 0.1) is 0 Å². The van der Waals surface area contributed by atoms with Crippen molar-refractivity contribution in [2.75, 3.05) is 13.1 Å². The van der Waals surface area contributed by atoms with E-state index in [1.54, 1.807) is 6.08 Å². The zero-order valence-electron chi connectivity index (χ0n) is 8.12. The largest absolute Gasteiger partial charge is 0.489 e. The van der Waals surface area contributed by atoms with Crippen LogP contribution in [-0.4, -0.2) is 19.2 Å². The number of hydrogen-bond donors (Lipinski definition) is 1. The topological polar surface area (TPSA) is 21.3 Å². The highest BCUT2D eigenvalue weighted by Gasteiger charge is 2.15. The third kappa shape index (κ3) is 3.47. The molecule has 0 aromatic carbocycles. The van der Waals surface area contributed by atoms with Gasteiger partial charge in [-0.3, -0.25) is 0 Å². The molecule has 0 spiro atoms. The lowest BCUT2D eigenvalue weighted by molar-refractivity contribution is 0.142. The Morgan fingerprint density at radius 3 is 3.00 bits per heavy atom. The molecule has 2 nitrogen and oxygen atoms in total. The van der Waals surface area contributed by atoms with Crippen LogP contribution in [0, 0.1) is 0 Å². The molecule has 0 aromatic rings. The molecule has 1 saturated heterocycles. The van der Waals surface area contributed by atoms with Gasteiger partial charge in [-0.2, -0.15) is 0 Å². The molecule has 1 N–H and O–H groups in total. The number of ether oxygens (including phenoxy) is 1. The van der Waals surface area contributed by atoms with Crippen molar-refractivity contribution >= 4 is 0 Å². The van der Waals surface area contributed by atoms with Gasteiger partial charge in [0.1, 0.15) is 11.9 Å². The van der Waals surface area contributed by atoms with Gasteiger partial charge in [0, 0.05) is 6.54 Å². The first-order valence-electron chi connectivity index (χ1n) is 4.69. The van der Waals surface area contributed by atoms with E-state index in [-0.39, 0.29) is 0 Å². The van der Waals surface area contributed by atoms with Gasteiger partial charge in [-0.25, -0.2) is 0 Å². The number of allylic oxidation sites excluding steroid dienone is 4. The van der Waals surface area contributed by atoms with Crippen molar-refractivity contribution < 1.29 is 4.74 Å². The molecule has 72 valence electrons. The van der Waals surface area contributed by atoms with Crippen LogP contribution in [0.3, 0.4) is 0 Å². The van der Waals surface area contributed by atoms with Gasteiger partial charge in [-0.1, -0.05) is 18.7 Å². The van der Waals surface area contributed by atoms with Crippen LogP contribution >= 0.6 is 0 Å². The Hall–Kier alpha value is -1.02. The minimum absolute atomic E-state index is 0.322. The molecule has 0 saturated carbocycles. The van der Waals surface area contributed by atoms with Crippen molar-refractivity contribution in [2.45, 2.75) is 19.4 Å². The summed E-state index contributed by atoms with van der Waals surface area (Å²) in [6.07, 6.45) is 8.97. The first-order valence-corrected chi connectivity index (χ1v) is 4.69. The van der Waals surface area contributed by atoms with E-state index in [1.807, 2.05) is 25.2 Å². The van der Waals surface area contributed by atoms with Crippen LogP contribution in [0.1, 0.15) is 13.3 Å². The van der Waals surface area contributed by atoms with E-state index in [0.29, 0.717) is 6.10 Å². The summed E-state index contributed by atoms with van der Waals surface area (Å²) < 4.78 is 5.73. The van der Waals surface area contributed by atoms with E-state index in [0.717, 1.165) is 25.3 Å². The predicted molar refractivity (Wildman–Crippen MR) is 55.5 cm³/mol. The second-order valence-corrected chi connectivity index (χ2v) is 3.04. The molecule has 0 aromatic heterocycles. The zero-order chi connectivity index (χ0) is 9.52. The molecule has 0 bridgehead atoms. The van der Waals surface area contributed by atoms with Crippen LogP contribution in [0.2, 0.25) is 0 Å². The highest BCUT2D eigenvalue weighted by molar-refractivity contribution is 5.17. The van der Waals surface area contributed by atoms with E-state index in [2.05, 4.69) is 11.9 Å². The van der Waals surface area contributed by atoms with Gasteiger partial charge >= 0.3 is 0 Å². The minimum Gasteiger partial charge on any atom is -0.489 e. The van der Waals surface area contributed by atoms with Crippen LogP contribution in [0.15, 0.2) is 36.6 Å². The zero-order valence-corrected chi connectivity index (χ0v) is 8.12. The van der Waals surface area contributed by atoms with Gasteiger partial charge in [0.2, 0.25) is 0 Å². The van der Waals surface area contributed by atoms with E-state index in [4.69, 9.17) is 4.74 Å². The molecular formula is C11H17NO. The molecule has 1 aliphatic heterocycles. The van der Waals surface area contributed by atoms with Crippen molar-refractivity contribution in [3.63, 3.8) is 0 Å². The Kier molecular flexibility index (Phi) is 4.33. The van der Waals surface area contributed by atoms with Crippen molar-refractivity contribution in [2.24, 2.45) is 0 Å². The van der Waals surface area contributed by atoms with Gasteiger partial charge in [-0.05, 0) is 32.0 Å². The lowest BCUT2D eigenvalue weighted by Crippen LogP contribution is -2.15. The fourth-order valence-electron chi connectivity index (χ4n) is 1.34. The molecule has 1 aliphatic rings. The Labute approximate surface area is 80.0 Å². The average molecular weight is 179 g/mol. The predicted octanol–water partition coefficient (Wildman–Crippen LogP) is 2.01. The maximum Gasteiger partial charge on any atom is 0.119 e. The monoisotopic (exact) mass is 179 g/mol. The minimum atomic E-state index is 0.322. The summed E-state index contributed by atoms with van der Waals surface area (Å²) in [6.45, 7) is 7.64. The molecular weight excluding hydrogens is 162 g/mol. The van der Waals surface area contributed by atoms with Gasteiger partial charge < -0.3 is 10.1 Å². The van der Waals surface area contributed by atoms with Gasteiger partial charge in [0.15, 0.2) is 0 Å². The van der Waals surface area contributed by atoms with E-state index in [9.17, 15) is 0 Å². The molecule has 0 radical (unpaired) electrons. The Morgan fingerprint density at radius 2 is 2.46 bits per heavy atom. The fraction of sp³-hybridized carbons (Fsp3) is 0.455. The molecule has 1 atom stereocenters. The van der Waals surface area contributed by atoms with Crippen LogP contribution < -0.4 is 5.32 Å². The quantitative estimate of drug-likeness (QED) is 0.526. The fourth-order valence-corrected chi connectivity index (χ4v) is 1.34. The van der Waals surface area contributed by atoms with Crippen molar-refractivity contribution in [1.82, 2.24) is 5.32 Å². The first kappa shape index (κ1) is 10.1. The summed E-state index contributed by atoms with van der Waals surface area (Å²) in [7, 11) is 0. The molecule has 0 amide bonds. The molecule has 0 aliphatic carbocycles. The van der Waals surface area contributed by atoms with Crippen LogP contribution in [-0.2, 0) is 4.74 Å². The second kappa shape index (κ2) is 5.60. The highest BCUT2D eigenvalue weighted by Crippen LogP contribution is 2.10.